The lowest BCUT2D eigenvalue weighted by Crippen LogP contribution is -1.98. The van der Waals surface area contributed by atoms with Gasteiger partial charge in [-0.1, -0.05) is 33.8 Å². The number of thiophene rings is 1. The fourth-order valence-corrected chi connectivity index (χ4v) is 4.12. The molecule has 4 heterocycles. The molecular weight excluding hydrogens is 441 g/mol. The van der Waals surface area contributed by atoms with E-state index in [-0.39, 0.29) is 12.0 Å². The molecule has 0 unspecified atom stereocenters. The van der Waals surface area contributed by atoms with Crippen molar-refractivity contribution in [3.8, 4) is 22.1 Å². The summed E-state index contributed by atoms with van der Waals surface area (Å²) in [7, 11) is 0. The van der Waals surface area contributed by atoms with Crippen molar-refractivity contribution in [1.29, 1.82) is 0 Å². The first-order valence-electron chi connectivity index (χ1n) is 11.0. The third-order valence-corrected chi connectivity index (χ3v) is 5.65. The lowest BCUT2D eigenvalue weighted by atomic mass is 10.2. The number of fused-ring (bicyclic) bond motifs is 1. The molecule has 1 saturated heterocycles. The van der Waals surface area contributed by atoms with Crippen LogP contribution in [0.5, 0.6) is 11.5 Å². The van der Waals surface area contributed by atoms with Gasteiger partial charge in [0, 0.05) is 35.8 Å². The van der Waals surface area contributed by atoms with Gasteiger partial charge in [0.05, 0.1) is 34.0 Å². The van der Waals surface area contributed by atoms with Crippen LogP contribution >= 0.6 is 11.3 Å². The summed E-state index contributed by atoms with van der Waals surface area (Å²) >= 11 is 1.48. The smallest absolute Gasteiger partial charge is 0.185 e. The summed E-state index contributed by atoms with van der Waals surface area (Å²) in [5.41, 5.74) is 8.39. The Morgan fingerprint density at radius 2 is 1.73 bits per heavy atom. The van der Waals surface area contributed by atoms with Crippen LogP contribution in [0.4, 0.5) is 10.1 Å². The Morgan fingerprint density at radius 3 is 2.39 bits per heavy atom. The first-order valence-corrected chi connectivity index (χ1v) is 11.8. The predicted molar refractivity (Wildman–Crippen MR) is 131 cm³/mol. The van der Waals surface area contributed by atoms with Gasteiger partial charge in [-0.05, 0) is 24.3 Å². The molecule has 0 atom stereocenters. The number of pyridine rings is 2. The Bertz CT molecular complexity index is 1180. The molecule has 4 aromatic rings. The second-order valence-corrected chi connectivity index (χ2v) is 7.53. The molecule has 3 aromatic heterocycles. The van der Waals surface area contributed by atoms with E-state index < -0.39 is 5.82 Å². The first-order chi connectivity index (χ1) is 16.2. The van der Waals surface area contributed by atoms with Gasteiger partial charge >= 0.3 is 0 Å². The Balaban J connectivity index is 0.000000728. The van der Waals surface area contributed by atoms with Crippen molar-refractivity contribution in [2.75, 3.05) is 18.9 Å². The van der Waals surface area contributed by atoms with Crippen molar-refractivity contribution >= 4 is 27.2 Å². The molecular formula is C25H28FN3O3S. The van der Waals surface area contributed by atoms with Gasteiger partial charge in [0.2, 0.25) is 0 Å². The van der Waals surface area contributed by atoms with E-state index in [0.29, 0.717) is 24.7 Å². The van der Waals surface area contributed by atoms with Crippen LogP contribution in [0.25, 0.3) is 20.8 Å². The summed E-state index contributed by atoms with van der Waals surface area (Å²) in [6.45, 7) is 9.18. The summed E-state index contributed by atoms with van der Waals surface area (Å²) in [5, 5.41) is 0. The highest BCUT2D eigenvalue weighted by Gasteiger charge is 2.19. The molecule has 1 aliphatic heterocycles. The molecule has 174 valence electrons. The molecule has 8 heteroatoms. The summed E-state index contributed by atoms with van der Waals surface area (Å²) in [5.74, 6) is 0.125. The zero-order valence-electron chi connectivity index (χ0n) is 19.2. The van der Waals surface area contributed by atoms with Gasteiger partial charge in [-0.25, -0.2) is 4.39 Å². The lowest BCUT2D eigenvalue weighted by Gasteiger charge is -2.08. The number of nitrogen functional groups attached to an aromatic ring is 1. The van der Waals surface area contributed by atoms with E-state index in [2.05, 4.69) is 9.97 Å². The van der Waals surface area contributed by atoms with Crippen molar-refractivity contribution in [3.05, 3.63) is 66.2 Å². The van der Waals surface area contributed by atoms with Gasteiger partial charge < -0.3 is 19.9 Å². The number of benzene rings is 1. The van der Waals surface area contributed by atoms with Crippen molar-refractivity contribution < 1.29 is 18.6 Å². The fraction of sp³-hybridized carbons (Fsp3) is 0.280. The van der Waals surface area contributed by atoms with E-state index in [1.807, 2.05) is 45.9 Å². The van der Waals surface area contributed by atoms with Gasteiger partial charge in [-0.2, -0.15) is 0 Å². The Hall–Kier alpha value is -3.07. The van der Waals surface area contributed by atoms with Crippen molar-refractivity contribution in [2.24, 2.45) is 0 Å². The molecule has 6 nitrogen and oxygen atoms in total. The predicted octanol–water partition coefficient (Wildman–Crippen LogP) is 6.97. The van der Waals surface area contributed by atoms with Crippen molar-refractivity contribution in [2.45, 2.75) is 34.0 Å². The second-order valence-electron chi connectivity index (χ2n) is 6.48. The molecule has 0 radical (unpaired) electrons. The highest BCUT2D eigenvalue weighted by Crippen LogP contribution is 2.39. The largest absolute Gasteiger partial charge is 0.453 e. The third-order valence-electron chi connectivity index (χ3n) is 4.48. The van der Waals surface area contributed by atoms with Crippen LogP contribution in [0, 0.1) is 5.82 Å². The quantitative estimate of drug-likeness (QED) is 0.325. The van der Waals surface area contributed by atoms with Crippen LogP contribution in [0.15, 0.2) is 54.9 Å². The monoisotopic (exact) mass is 469 g/mol. The molecule has 2 N–H and O–H groups in total. The van der Waals surface area contributed by atoms with Gasteiger partial charge in [0.1, 0.15) is 5.75 Å². The number of hydrogen-bond acceptors (Lipinski definition) is 7. The average Bonchev–Trinajstić information content (AvgIpc) is 3.54. The van der Waals surface area contributed by atoms with E-state index >= 15 is 0 Å². The van der Waals surface area contributed by atoms with Crippen molar-refractivity contribution in [1.82, 2.24) is 9.97 Å². The number of nitrogens with zero attached hydrogens (tertiary/aromatic N) is 2. The summed E-state index contributed by atoms with van der Waals surface area (Å²) < 4.78 is 31.7. The molecule has 1 fully saturated rings. The van der Waals surface area contributed by atoms with Gasteiger partial charge in [-0.15, -0.1) is 11.3 Å². The number of nitrogens with two attached hydrogens (primary N) is 1. The number of hydrogen-bond donors (Lipinski definition) is 1. The molecule has 1 aliphatic rings. The van der Waals surface area contributed by atoms with E-state index in [1.54, 1.807) is 24.5 Å². The summed E-state index contributed by atoms with van der Waals surface area (Å²) in [6.07, 6.45) is 3.04. The van der Waals surface area contributed by atoms with Crippen LogP contribution < -0.4 is 10.5 Å². The molecule has 0 bridgehead atoms. The highest BCUT2D eigenvalue weighted by molar-refractivity contribution is 7.22. The summed E-state index contributed by atoms with van der Waals surface area (Å²) in [4.78, 5) is 9.86. The summed E-state index contributed by atoms with van der Waals surface area (Å²) in [6, 6.07) is 11.9. The minimum absolute atomic E-state index is 0.112. The minimum atomic E-state index is -0.514. The van der Waals surface area contributed by atoms with Gasteiger partial charge in [0.25, 0.3) is 0 Å². The average molecular weight is 470 g/mol. The topological polar surface area (TPSA) is 79.5 Å². The standard InChI is InChI=1S/C21H16FN3O3S.2C2H6/c22-14-9-13(23)2-4-17(14)28-18-5-6-24-16-10-19(29-20(16)18)15-3-1-12(11-25-15)21-26-7-8-27-21;2*1-2/h1-6,9-11,21H,7-8,23H2;2*1-2H3. The van der Waals surface area contributed by atoms with Crippen LogP contribution in [0.3, 0.4) is 0 Å². The van der Waals surface area contributed by atoms with E-state index in [9.17, 15) is 4.39 Å². The second kappa shape index (κ2) is 11.7. The molecule has 5 rings (SSSR count). The normalized spacial score (nSPS) is 13.1. The molecule has 0 amide bonds. The molecule has 0 saturated carbocycles. The number of anilines is 1. The lowest BCUT2D eigenvalue weighted by molar-refractivity contribution is -0.0443. The molecule has 0 aliphatic carbocycles. The van der Waals surface area contributed by atoms with Crippen LogP contribution in [0.1, 0.15) is 39.5 Å². The minimum Gasteiger partial charge on any atom is -0.453 e. The molecule has 0 spiro atoms. The number of ether oxygens (including phenoxy) is 3. The Labute approximate surface area is 197 Å². The van der Waals surface area contributed by atoms with Crippen LogP contribution in [0.2, 0.25) is 0 Å². The number of rotatable bonds is 4. The molecule has 1 aromatic carbocycles. The zero-order valence-corrected chi connectivity index (χ0v) is 20.0. The van der Waals surface area contributed by atoms with Gasteiger partial charge in [0.15, 0.2) is 17.9 Å². The zero-order chi connectivity index (χ0) is 23.8. The van der Waals surface area contributed by atoms with Gasteiger partial charge in [-0.3, -0.25) is 9.97 Å². The maximum atomic E-state index is 14.1. The van der Waals surface area contributed by atoms with Crippen LogP contribution in [-0.4, -0.2) is 23.2 Å². The maximum Gasteiger partial charge on any atom is 0.185 e. The van der Waals surface area contributed by atoms with Crippen LogP contribution in [-0.2, 0) is 9.47 Å². The van der Waals surface area contributed by atoms with Crippen molar-refractivity contribution in [3.63, 3.8) is 0 Å². The van der Waals surface area contributed by atoms with E-state index in [1.165, 1.54) is 23.5 Å². The number of halogens is 1. The third kappa shape index (κ3) is 5.65. The van der Waals surface area contributed by atoms with E-state index in [0.717, 1.165) is 26.4 Å². The molecule has 33 heavy (non-hydrogen) atoms. The fourth-order valence-electron chi connectivity index (χ4n) is 3.08. The Morgan fingerprint density at radius 1 is 0.970 bits per heavy atom. The SMILES string of the molecule is CC.CC.Nc1ccc(Oc2ccnc3cc(-c4ccc(C5OCCO5)cn4)sc23)c(F)c1. The first kappa shape index (κ1) is 24.6. The van der Waals surface area contributed by atoms with E-state index in [4.69, 9.17) is 19.9 Å². The number of aromatic nitrogens is 2. The Kier molecular flexibility index (Phi) is 8.71. The highest BCUT2D eigenvalue weighted by atomic mass is 32.1. The maximum absolute atomic E-state index is 14.1.